The monoisotopic (exact) mass is 516 g/mol. The van der Waals surface area contributed by atoms with E-state index in [1.807, 2.05) is 0 Å². The lowest BCUT2D eigenvalue weighted by Gasteiger charge is -2.26. The van der Waals surface area contributed by atoms with E-state index in [4.69, 9.17) is 10.5 Å². The molecule has 0 atom stereocenters. The molecule has 4 N–H and O–H groups in total. The number of esters is 1. The second-order valence-corrected chi connectivity index (χ2v) is 9.60. The lowest BCUT2D eigenvalue weighted by Crippen LogP contribution is -2.49. The van der Waals surface area contributed by atoms with Gasteiger partial charge in [0, 0.05) is 24.0 Å². The van der Waals surface area contributed by atoms with Crippen LogP contribution in [0.15, 0.2) is 66.7 Å². The molecule has 0 radical (unpaired) electrons. The van der Waals surface area contributed by atoms with Crippen LogP contribution in [0.4, 0.5) is 21.5 Å². The molecule has 1 aliphatic heterocycles. The fraction of sp³-hybridized carbons (Fsp3) is 0.207. The predicted octanol–water partition coefficient (Wildman–Crippen LogP) is 4.17. The zero-order valence-corrected chi connectivity index (χ0v) is 21.6. The molecule has 1 aliphatic rings. The summed E-state index contributed by atoms with van der Waals surface area (Å²) in [6, 6.07) is 18.4. The number of nitrogens with two attached hydrogens (primary N) is 1. The number of nitrogens with zero attached hydrogens (tertiary/aromatic N) is 1. The average molecular weight is 517 g/mol. The highest BCUT2D eigenvalue weighted by atomic mass is 19.1. The first-order valence-corrected chi connectivity index (χ1v) is 11.9. The summed E-state index contributed by atoms with van der Waals surface area (Å²) in [5, 5.41) is 6.05. The fourth-order valence-corrected chi connectivity index (χ4v) is 4.16. The van der Waals surface area contributed by atoms with E-state index in [9.17, 15) is 18.8 Å². The largest absolute Gasteiger partial charge is 0.469 e. The Labute approximate surface area is 220 Å². The highest BCUT2D eigenvalue weighted by Gasteiger charge is 2.29. The van der Waals surface area contributed by atoms with Crippen LogP contribution >= 0.6 is 0 Å². The van der Waals surface area contributed by atoms with Crippen LogP contribution in [0.5, 0.6) is 0 Å². The number of amides is 2. The van der Waals surface area contributed by atoms with Crippen LogP contribution in [0.2, 0.25) is 0 Å². The summed E-state index contributed by atoms with van der Waals surface area (Å²) in [5.41, 5.74) is 9.47. The van der Waals surface area contributed by atoms with Crippen LogP contribution in [0.25, 0.3) is 11.3 Å². The number of ether oxygens (including phenoxy) is 1. The third-order valence-electron chi connectivity index (χ3n) is 6.17. The van der Waals surface area contributed by atoms with Gasteiger partial charge in [0.2, 0.25) is 5.91 Å². The Morgan fingerprint density at radius 1 is 1.05 bits per heavy atom. The maximum atomic E-state index is 13.8. The number of likely N-dealkylation sites (N-methyl/N-ethyl adjacent to an activating group) is 1. The Hall–Kier alpha value is -4.50. The molecular weight excluding hydrogens is 487 g/mol. The van der Waals surface area contributed by atoms with Crippen molar-refractivity contribution in [3.05, 3.63) is 89.2 Å². The first-order valence-electron chi connectivity index (χ1n) is 11.9. The van der Waals surface area contributed by atoms with Crippen molar-refractivity contribution in [1.29, 1.82) is 0 Å². The third-order valence-corrected chi connectivity index (χ3v) is 6.17. The van der Waals surface area contributed by atoms with Crippen LogP contribution in [-0.4, -0.2) is 37.5 Å². The number of anilines is 3. The van der Waals surface area contributed by atoms with E-state index in [-0.39, 0.29) is 24.2 Å². The van der Waals surface area contributed by atoms with E-state index in [2.05, 4.69) is 10.6 Å². The second kappa shape index (κ2) is 10.5. The van der Waals surface area contributed by atoms with Crippen LogP contribution in [0.1, 0.15) is 30.5 Å². The molecule has 1 heterocycles. The summed E-state index contributed by atoms with van der Waals surface area (Å²) in [7, 11) is 2.99. The number of halogens is 1. The minimum absolute atomic E-state index is 0.117. The molecule has 3 aromatic rings. The van der Waals surface area contributed by atoms with Gasteiger partial charge in [-0.3, -0.25) is 14.4 Å². The number of carbonyl (C=O) groups is 3. The molecule has 0 bridgehead atoms. The summed E-state index contributed by atoms with van der Waals surface area (Å²) in [5.74, 6) is -1.43. The highest BCUT2D eigenvalue weighted by Crippen LogP contribution is 2.38. The molecule has 0 unspecified atom stereocenters. The van der Waals surface area contributed by atoms with Gasteiger partial charge in [-0.15, -0.1) is 0 Å². The Kier molecular flexibility index (Phi) is 7.32. The zero-order valence-electron chi connectivity index (χ0n) is 21.6. The summed E-state index contributed by atoms with van der Waals surface area (Å²) in [6.45, 7) is 3.29. The Balaban J connectivity index is 1.73. The molecule has 2 amide bonds. The highest BCUT2D eigenvalue weighted by molar-refractivity contribution is 6.37. The van der Waals surface area contributed by atoms with Gasteiger partial charge in [-0.1, -0.05) is 24.3 Å². The minimum atomic E-state index is -1.02. The van der Waals surface area contributed by atoms with Crippen molar-refractivity contribution in [2.75, 3.05) is 29.7 Å². The molecule has 196 valence electrons. The molecule has 3 aromatic carbocycles. The Morgan fingerprint density at radius 2 is 1.71 bits per heavy atom. The molecule has 0 saturated heterocycles. The summed E-state index contributed by atoms with van der Waals surface area (Å²) in [4.78, 5) is 38.8. The maximum absolute atomic E-state index is 13.8. The minimum Gasteiger partial charge on any atom is -0.469 e. The molecule has 4 rings (SSSR count). The average Bonchev–Trinajstić information content (AvgIpc) is 3.21. The number of carbonyl (C=O) groups excluding carboxylic acids is 3. The SMILES string of the molecule is COC(=O)Cc1ccc(/C(Nc2ccc(N(C)C(=O)C(C)(C)N)cc2)=C2/C(=O)Nc3cc(F)ccc32)cc1. The van der Waals surface area contributed by atoms with Crippen LogP contribution in [0.3, 0.4) is 0 Å². The van der Waals surface area contributed by atoms with Crippen molar-refractivity contribution in [2.45, 2.75) is 25.8 Å². The van der Waals surface area contributed by atoms with Gasteiger partial charge in [0.25, 0.3) is 5.91 Å². The van der Waals surface area contributed by atoms with Gasteiger partial charge in [-0.25, -0.2) is 4.39 Å². The van der Waals surface area contributed by atoms with Crippen molar-refractivity contribution in [3.8, 4) is 0 Å². The number of hydrogen-bond acceptors (Lipinski definition) is 6. The first-order chi connectivity index (χ1) is 18.0. The molecule has 0 aliphatic carbocycles. The molecular formula is C29H29FN4O4. The number of benzene rings is 3. The standard InChI is InChI=1S/C29H29FN4O4/c1-29(2,31)28(37)34(3)21-12-10-20(11-13-21)32-26(18-7-5-17(6-8-18)15-24(35)38-4)25-22-14-9-19(30)16-23(22)33-27(25)36/h5-14,16,32H,15,31H2,1-4H3,(H,33,36)/b26-25-. The van der Waals surface area contributed by atoms with Gasteiger partial charge in [0.05, 0.1) is 36.0 Å². The summed E-state index contributed by atoms with van der Waals surface area (Å²) >= 11 is 0. The molecule has 8 nitrogen and oxygen atoms in total. The molecule has 0 aromatic heterocycles. The van der Waals surface area contributed by atoms with E-state index in [0.717, 1.165) is 5.56 Å². The molecule has 0 saturated carbocycles. The van der Waals surface area contributed by atoms with E-state index in [1.165, 1.54) is 24.1 Å². The maximum Gasteiger partial charge on any atom is 0.309 e. The van der Waals surface area contributed by atoms with Gasteiger partial charge in [-0.2, -0.15) is 0 Å². The van der Waals surface area contributed by atoms with Crippen LogP contribution in [-0.2, 0) is 25.5 Å². The normalized spacial score (nSPS) is 13.9. The van der Waals surface area contributed by atoms with Gasteiger partial charge < -0.3 is 26.0 Å². The quantitative estimate of drug-likeness (QED) is 0.321. The van der Waals surface area contributed by atoms with Gasteiger partial charge in [0.1, 0.15) is 5.82 Å². The summed E-state index contributed by atoms with van der Waals surface area (Å²) in [6.07, 6.45) is 0.117. The van der Waals surface area contributed by atoms with Crippen molar-refractivity contribution in [2.24, 2.45) is 5.73 Å². The third kappa shape index (κ3) is 5.57. The second-order valence-electron chi connectivity index (χ2n) is 9.60. The Morgan fingerprint density at radius 3 is 2.32 bits per heavy atom. The van der Waals surface area contributed by atoms with E-state index >= 15 is 0 Å². The van der Waals surface area contributed by atoms with E-state index in [1.54, 1.807) is 75.5 Å². The lowest BCUT2D eigenvalue weighted by atomic mass is 9.98. The predicted molar refractivity (Wildman–Crippen MR) is 146 cm³/mol. The molecule has 9 heteroatoms. The van der Waals surface area contributed by atoms with Crippen molar-refractivity contribution in [1.82, 2.24) is 0 Å². The first kappa shape index (κ1) is 26.6. The zero-order chi connectivity index (χ0) is 27.6. The number of fused-ring (bicyclic) bond motifs is 1. The number of methoxy groups -OCH3 is 1. The fourth-order valence-electron chi connectivity index (χ4n) is 4.16. The van der Waals surface area contributed by atoms with E-state index < -0.39 is 11.4 Å². The Bertz CT molecular complexity index is 1420. The molecule has 0 spiro atoms. The van der Waals surface area contributed by atoms with Crippen molar-refractivity contribution < 1.29 is 23.5 Å². The number of hydrogen-bond donors (Lipinski definition) is 3. The number of rotatable bonds is 7. The topological polar surface area (TPSA) is 114 Å². The van der Waals surface area contributed by atoms with Crippen molar-refractivity contribution in [3.63, 3.8) is 0 Å². The molecule has 0 fully saturated rings. The molecule has 38 heavy (non-hydrogen) atoms. The van der Waals surface area contributed by atoms with Crippen LogP contribution in [0, 0.1) is 5.82 Å². The summed E-state index contributed by atoms with van der Waals surface area (Å²) < 4.78 is 18.6. The van der Waals surface area contributed by atoms with E-state index in [0.29, 0.717) is 39.5 Å². The smallest absolute Gasteiger partial charge is 0.309 e. The lowest BCUT2D eigenvalue weighted by molar-refractivity contribution is -0.139. The van der Waals surface area contributed by atoms with Crippen molar-refractivity contribution >= 4 is 46.1 Å². The van der Waals surface area contributed by atoms with Gasteiger partial charge in [-0.05, 0) is 67.4 Å². The number of nitrogens with one attached hydrogen (secondary N) is 2. The van der Waals surface area contributed by atoms with Gasteiger partial charge >= 0.3 is 5.97 Å². The van der Waals surface area contributed by atoms with Gasteiger partial charge in [0.15, 0.2) is 0 Å². The van der Waals surface area contributed by atoms with Crippen LogP contribution < -0.4 is 21.3 Å².